The average molecular weight is 559 g/mol. The number of carboxylic acids is 2. The van der Waals surface area contributed by atoms with Crippen LogP contribution in [-0.4, -0.2) is 87.2 Å². The number of hydrogen-bond donors (Lipinski definition) is 4. The number of aliphatic carboxylic acids is 2. The normalized spacial score (nSPS) is 14.1. The zero-order valence-electron chi connectivity index (χ0n) is 20.8. The van der Waals surface area contributed by atoms with Gasteiger partial charge in [0.2, 0.25) is 0 Å². The number of hydrogen-bond acceptors (Lipinski definition) is 8. The Labute approximate surface area is 220 Å². The Morgan fingerprint density at radius 1 is 1.00 bits per heavy atom. The third-order valence-electron chi connectivity index (χ3n) is 5.50. The number of anilines is 1. The third kappa shape index (κ3) is 10.6. The Bertz CT molecular complexity index is 1230. The Kier molecular flexibility index (Phi) is 11.7. The number of nitrogens with zero attached hydrogens (tertiary/aromatic N) is 3. The van der Waals surface area contributed by atoms with Crippen molar-refractivity contribution in [2.24, 2.45) is 0 Å². The third-order valence-corrected chi connectivity index (χ3v) is 5.50. The van der Waals surface area contributed by atoms with Crippen LogP contribution in [0.5, 0.6) is 5.75 Å². The minimum Gasteiger partial charge on any atom is -0.482 e. The van der Waals surface area contributed by atoms with Crippen LogP contribution in [0.25, 0.3) is 0 Å². The number of benzene rings is 1. The zero-order chi connectivity index (χ0) is 29.0. The van der Waals surface area contributed by atoms with Gasteiger partial charge in [-0.2, -0.15) is 13.2 Å². The summed E-state index contributed by atoms with van der Waals surface area (Å²) in [5.74, 6) is -2.31. The minimum absolute atomic E-state index is 0.139. The first-order valence-electron chi connectivity index (χ1n) is 11.7. The lowest BCUT2D eigenvalue weighted by Gasteiger charge is -2.36. The molecule has 0 bridgehead atoms. The number of ether oxygens (including phenoxy) is 1. The van der Waals surface area contributed by atoms with Crippen molar-refractivity contribution < 1.29 is 42.8 Å². The topological polar surface area (TPSA) is 165 Å². The molecule has 39 heavy (non-hydrogen) atoms. The molecule has 1 fully saturated rings. The molecule has 1 aromatic carbocycles. The SMILES string of the molecule is O=C(O)C=CC(=O)O.O=c1[nH]cc(CO)c(=O)n1CCCN1CCN(c2ccccc2OCC(F)(F)F)CC1. The minimum atomic E-state index is -4.40. The average Bonchev–Trinajstić information content (AvgIpc) is 2.89. The molecule has 0 aliphatic carbocycles. The van der Waals surface area contributed by atoms with E-state index in [-0.39, 0.29) is 17.9 Å². The van der Waals surface area contributed by atoms with Crippen molar-refractivity contribution in [1.82, 2.24) is 14.5 Å². The van der Waals surface area contributed by atoms with Crippen LogP contribution in [0, 0.1) is 0 Å². The van der Waals surface area contributed by atoms with E-state index in [0.29, 0.717) is 57.0 Å². The highest BCUT2D eigenvalue weighted by molar-refractivity contribution is 5.89. The maximum absolute atomic E-state index is 12.5. The zero-order valence-corrected chi connectivity index (χ0v) is 20.8. The molecule has 15 heteroatoms. The first-order chi connectivity index (χ1) is 18.4. The largest absolute Gasteiger partial charge is 0.482 e. The van der Waals surface area contributed by atoms with E-state index in [2.05, 4.69) is 9.88 Å². The number of halogens is 3. The summed E-state index contributed by atoms with van der Waals surface area (Å²) in [7, 11) is 0. The molecule has 0 atom stereocenters. The van der Waals surface area contributed by atoms with Crippen LogP contribution in [-0.2, 0) is 22.7 Å². The number of para-hydroxylation sites is 2. The van der Waals surface area contributed by atoms with E-state index in [1.54, 1.807) is 18.2 Å². The monoisotopic (exact) mass is 558 g/mol. The summed E-state index contributed by atoms with van der Waals surface area (Å²) in [5, 5.41) is 24.8. The highest BCUT2D eigenvalue weighted by atomic mass is 19.4. The molecule has 3 rings (SSSR count). The smallest absolute Gasteiger partial charge is 0.422 e. The number of aliphatic hydroxyl groups is 1. The van der Waals surface area contributed by atoms with Crippen molar-refractivity contribution >= 4 is 17.6 Å². The molecule has 0 amide bonds. The Hall–Kier alpha value is -4.11. The van der Waals surface area contributed by atoms with Crippen LogP contribution in [0.4, 0.5) is 18.9 Å². The maximum Gasteiger partial charge on any atom is 0.422 e. The molecule has 0 saturated carbocycles. The fourth-order valence-corrected chi connectivity index (χ4v) is 3.68. The van der Waals surface area contributed by atoms with Gasteiger partial charge in [-0.05, 0) is 25.1 Å². The van der Waals surface area contributed by atoms with E-state index >= 15 is 0 Å². The van der Waals surface area contributed by atoms with Gasteiger partial charge in [-0.25, -0.2) is 14.4 Å². The van der Waals surface area contributed by atoms with Crippen LogP contribution < -0.4 is 20.9 Å². The number of alkyl halides is 3. The van der Waals surface area contributed by atoms with E-state index in [1.165, 1.54) is 12.3 Å². The predicted octanol–water partition coefficient (Wildman–Crippen LogP) is 0.894. The van der Waals surface area contributed by atoms with Crippen molar-refractivity contribution in [3.8, 4) is 5.75 Å². The van der Waals surface area contributed by atoms with Gasteiger partial charge in [0.15, 0.2) is 6.61 Å². The summed E-state index contributed by atoms with van der Waals surface area (Å²) in [4.78, 5) is 49.7. The number of piperazine rings is 1. The number of aliphatic hydroxyl groups excluding tert-OH is 1. The van der Waals surface area contributed by atoms with Gasteiger partial charge in [0, 0.05) is 51.1 Å². The van der Waals surface area contributed by atoms with Gasteiger partial charge in [-0.3, -0.25) is 14.3 Å². The van der Waals surface area contributed by atoms with Crippen molar-refractivity contribution in [3.63, 3.8) is 0 Å². The summed E-state index contributed by atoms with van der Waals surface area (Å²) < 4.78 is 43.6. The van der Waals surface area contributed by atoms with Gasteiger partial charge < -0.3 is 29.9 Å². The second-order valence-electron chi connectivity index (χ2n) is 8.30. The van der Waals surface area contributed by atoms with Gasteiger partial charge in [-0.15, -0.1) is 0 Å². The summed E-state index contributed by atoms with van der Waals surface area (Å²) >= 11 is 0. The molecule has 1 aliphatic heterocycles. The summed E-state index contributed by atoms with van der Waals surface area (Å²) in [6.45, 7) is 1.74. The van der Waals surface area contributed by atoms with Crippen LogP contribution >= 0.6 is 0 Å². The Balaban J connectivity index is 0.000000580. The van der Waals surface area contributed by atoms with Crippen LogP contribution in [0.1, 0.15) is 12.0 Å². The number of nitrogens with one attached hydrogen (secondary N) is 1. The molecule has 4 N–H and O–H groups in total. The molecule has 12 nitrogen and oxygen atoms in total. The first-order valence-corrected chi connectivity index (χ1v) is 11.7. The van der Waals surface area contributed by atoms with Crippen molar-refractivity contribution in [2.45, 2.75) is 25.7 Å². The van der Waals surface area contributed by atoms with Gasteiger partial charge in [-0.1, -0.05) is 12.1 Å². The molecule has 1 aromatic heterocycles. The molecule has 0 radical (unpaired) electrons. The number of rotatable bonds is 10. The summed E-state index contributed by atoms with van der Waals surface area (Å²) in [6.07, 6.45) is -1.49. The second kappa shape index (κ2) is 14.7. The van der Waals surface area contributed by atoms with E-state index in [1.807, 2.05) is 4.90 Å². The molecule has 2 heterocycles. The standard InChI is InChI=1S/C20H25F3N4O4.C4H4O4/c21-20(22,23)14-31-17-5-2-1-4-16(17)26-10-8-25(9-11-26)6-3-7-27-18(29)15(13-28)12-24-19(27)30;5-3(6)1-2-4(7)8/h1-2,4-5,12,28H,3,6-11,13-14H2,(H,24,30);1-2H,(H,5,6)(H,7,8). The molecule has 0 unspecified atom stereocenters. The lowest BCUT2D eigenvalue weighted by Crippen LogP contribution is -2.47. The van der Waals surface area contributed by atoms with Crippen LogP contribution in [0.2, 0.25) is 0 Å². The summed E-state index contributed by atoms with van der Waals surface area (Å²) in [6, 6.07) is 6.68. The van der Waals surface area contributed by atoms with E-state index in [0.717, 1.165) is 4.57 Å². The highest BCUT2D eigenvalue weighted by Crippen LogP contribution is 2.30. The molecular weight excluding hydrogens is 529 g/mol. The van der Waals surface area contributed by atoms with Crippen LogP contribution in [0.15, 0.2) is 52.2 Å². The quantitative estimate of drug-likeness (QED) is 0.308. The van der Waals surface area contributed by atoms with Crippen LogP contribution in [0.3, 0.4) is 0 Å². The van der Waals surface area contributed by atoms with Crippen molar-refractivity contribution in [2.75, 3.05) is 44.2 Å². The molecule has 0 spiro atoms. The number of carbonyl (C=O) groups is 2. The van der Waals surface area contributed by atoms with Gasteiger partial charge in [0.05, 0.1) is 17.9 Å². The number of aromatic nitrogens is 2. The maximum atomic E-state index is 12.5. The fraction of sp³-hybridized carbons (Fsp3) is 0.417. The molecule has 214 valence electrons. The van der Waals surface area contributed by atoms with Gasteiger partial charge in [0.25, 0.3) is 5.56 Å². The highest BCUT2D eigenvalue weighted by Gasteiger charge is 2.29. The van der Waals surface area contributed by atoms with E-state index in [4.69, 9.17) is 20.1 Å². The Morgan fingerprint density at radius 2 is 1.62 bits per heavy atom. The number of aromatic amines is 1. The molecule has 1 aliphatic rings. The second-order valence-corrected chi connectivity index (χ2v) is 8.30. The van der Waals surface area contributed by atoms with E-state index in [9.17, 15) is 32.3 Å². The molecule has 1 saturated heterocycles. The Morgan fingerprint density at radius 3 is 2.18 bits per heavy atom. The number of carboxylic acid groups (broad SMARTS) is 2. The van der Waals surface area contributed by atoms with Crippen molar-refractivity contribution in [3.05, 3.63) is 69.0 Å². The van der Waals surface area contributed by atoms with Gasteiger partial charge in [0.1, 0.15) is 5.75 Å². The van der Waals surface area contributed by atoms with E-state index < -0.39 is 42.6 Å². The predicted molar refractivity (Wildman–Crippen MR) is 133 cm³/mol. The first kappa shape index (κ1) is 31.1. The fourth-order valence-electron chi connectivity index (χ4n) is 3.68. The lowest BCUT2D eigenvalue weighted by atomic mass is 10.2. The number of H-pyrrole nitrogens is 1. The lowest BCUT2D eigenvalue weighted by molar-refractivity contribution is -0.153. The molecular formula is C24H29F3N4O8. The summed E-state index contributed by atoms with van der Waals surface area (Å²) in [5.41, 5.74) is -0.237. The molecule has 2 aromatic rings. The van der Waals surface area contributed by atoms with Gasteiger partial charge >= 0.3 is 23.8 Å². The van der Waals surface area contributed by atoms with Crippen molar-refractivity contribution in [1.29, 1.82) is 0 Å².